The topological polar surface area (TPSA) is 87.3 Å². The van der Waals surface area contributed by atoms with Gasteiger partial charge in [-0.3, -0.25) is 14.5 Å². The molecular weight excluding hydrogens is 356 g/mol. The molecule has 0 radical (unpaired) electrons. The van der Waals surface area contributed by atoms with Crippen molar-refractivity contribution in [2.24, 2.45) is 5.92 Å². The van der Waals surface area contributed by atoms with Crippen molar-refractivity contribution in [2.45, 2.75) is 32.9 Å². The van der Waals surface area contributed by atoms with Gasteiger partial charge < -0.3 is 15.0 Å². The largest absolute Gasteiger partial charge is 0.378 e. The fraction of sp³-hybridized carbons (Fsp3) is 0.476. The highest BCUT2D eigenvalue weighted by Crippen LogP contribution is 2.21. The predicted octanol–water partition coefficient (Wildman–Crippen LogP) is 1.93. The molecule has 0 aliphatic carbocycles. The summed E-state index contributed by atoms with van der Waals surface area (Å²) in [7, 11) is 1.58. The van der Waals surface area contributed by atoms with Crippen molar-refractivity contribution in [1.82, 2.24) is 20.2 Å². The summed E-state index contributed by atoms with van der Waals surface area (Å²) in [6, 6.07) is 9.57. The molecule has 1 amide bonds. The molecule has 2 N–H and O–H groups in total. The van der Waals surface area contributed by atoms with Gasteiger partial charge in [-0.15, -0.1) is 0 Å². The van der Waals surface area contributed by atoms with Crippen LogP contribution in [0.5, 0.6) is 0 Å². The molecule has 28 heavy (non-hydrogen) atoms. The standard InChI is InChI=1S/C21H28N4O3/c1-15(26)22-11-17-6-4-8-25(13-17)12-16-5-3-7-18(9-16)21-23-19(14-28-2)10-20(27)24-21/h3,5,7,9-10,17H,4,6,8,11-14H2,1-2H3,(H,22,26)(H,23,24,27)/t17-/m0/s1. The Hall–Kier alpha value is -2.51. The van der Waals surface area contributed by atoms with Crippen LogP contribution in [0.25, 0.3) is 11.4 Å². The molecular formula is C21H28N4O3. The Kier molecular flexibility index (Phi) is 6.95. The monoisotopic (exact) mass is 384 g/mol. The first-order valence-corrected chi connectivity index (χ1v) is 9.69. The number of carbonyl (C=O) groups excluding carboxylic acids is 1. The van der Waals surface area contributed by atoms with E-state index in [0.29, 0.717) is 24.0 Å². The van der Waals surface area contributed by atoms with Crippen LogP contribution in [0, 0.1) is 5.92 Å². The SMILES string of the molecule is COCc1cc(=O)[nH]c(-c2cccc(CN3CCC[C@@H](CNC(C)=O)C3)c2)n1. The van der Waals surface area contributed by atoms with Gasteiger partial charge in [0.15, 0.2) is 0 Å². The van der Waals surface area contributed by atoms with E-state index in [1.54, 1.807) is 14.0 Å². The van der Waals surface area contributed by atoms with Gasteiger partial charge in [0.2, 0.25) is 5.91 Å². The maximum atomic E-state index is 11.9. The highest BCUT2D eigenvalue weighted by Gasteiger charge is 2.20. The highest BCUT2D eigenvalue weighted by molar-refractivity contribution is 5.72. The quantitative estimate of drug-likeness (QED) is 0.762. The van der Waals surface area contributed by atoms with Gasteiger partial charge in [0.05, 0.1) is 12.3 Å². The molecule has 1 aromatic heterocycles. The molecule has 1 aliphatic heterocycles. The van der Waals surface area contributed by atoms with Crippen molar-refractivity contribution in [3.8, 4) is 11.4 Å². The number of nitrogens with one attached hydrogen (secondary N) is 2. The number of benzene rings is 1. The minimum atomic E-state index is -0.181. The second-order valence-electron chi connectivity index (χ2n) is 7.40. The van der Waals surface area contributed by atoms with E-state index >= 15 is 0 Å². The van der Waals surface area contributed by atoms with E-state index in [9.17, 15) is 9.59 Å². The molecule has 1 aliphatic rings. The number of aromatic nitrogens is 2. The van der Waals surface area contributed by atoms with Gasteiger partial charge in [0, 0.05) is 45.3 Å². The number of aromatic amines is 1. The predicted molar refractivity (Wildman–Crippen MR) is 108 cm³/mol. The van der Waals surface area contributed by atoms with Crippen LogP contribution in [-0.4, -0.2) is 47.5 Å². The van der Waals surface area contributed by atoms with Crippen LogP contribution in [-0.2, 0) is 22.7 Å². The van der Waals surface area contributed by atoms with E-state index in [2.05, 4.69) is 32.3 Å². The van der Waals surface area contributed by atoms with Crippen LogP contribution in [0.4, 0.5) is 0 Å². The van der Waals surface area contributed by atoms with Crippen molar-refractivity contribution >= 4 is 5.91 Å². The number of H-pyrrole nitrogens is 1. The number of nitrogens with zero attached hydrogens (tertiary/aromatic N) is 2. The summed E-state index contributed by atoms with van der Waals surface area (Å²) in [5, 5.41) is 2.93. The Morgan fingerprint density at radius 2 is 2.25 bits per heavy atom. The molecule has 1 atom stereocenters. The molecule has 150 valence electrons. The number of hydrogen-bond acceptors (Lipinski definition) is 5. The van der Waals surface area contributed by atoms with E-state index in [-0.39, 0.29) is 11.5 Å². The first-order chi connectivity index (χ1) is 13.5. The van der Waals surface area contributed by atoms with Crippen LogP contribution >= 0.6 is 0 Å². The van der Waals surface area contributed by atoms with Crippen LogP contribution in [0.2, 0.25) is 0 Å². The number of hydrogen-bond donors (Lipinski definition) is 2. The van der Waals surface area contributed by atoms with Crippen molar-refractivity contribution < 1.29 is 9.53 Å². The Morgan fingerprint density at radius 3 is 3.04 bits per heavy atom. The molecule has 1 fully saturated rings. The van der Waals surface area contributed by atoms with Gasteiger partial charge in [0.1, 0.15) is 5.82 Å². The normalized spacial score (nSPS) is 17.4. The third-order valence-corrected chi connectivity index (χ3v) is 4.94. The van der Waals surface area contributed by atoms with Crippen LogP contribution < -0.4 is 10.9 Å². The molecule has 1 saturated heterocycles. The van der Waals surface area contributed by atoms with Crippen molar-refractivity contribution in [2.75, 3.05) is 26.7 Å². The minimum Gasteiger partial charge on any atom is -0.378 e. The second kappa shape index (κ2) is 9.61. The molecule has 0 bridgehead atoms. The maximum absolute atomic E-state index is 11.9. The number of ether oxygens (including phenoxy) is 1. The summed E-state index contributed by atoms with van der Waals surface area (Å²) in [5.41, 5.74) is 2.50. The van der Waals surface area contributed by atoms with Gasteiger partial charge >= 0.3 is 0 Å². The maximum Gasteiger partial charge on any atom is 0.251 e. The van der Waals surface area contributed by atoms with E-state index in [4.69, 9.17) is 4.74 Å². The first-order valence-electron chi connectivity index (χ1n) is 9.69. The van der Waals surface area contributed by atoms with Crippen LogP contribution in [0.15, 0.2) is 35.1 Å². The Balaban J connectivity index is 1.70. The fourth-order valence-corrected chi connectivity index (χ4v) is 3.69. The van der Waals surface area contributed by atoms with E-state index in [1.165, 1.54) is 11.6 Å². The third kappa shape index (κ3) is 5.74. The number of piperidine rings is 1. The lowest BCUT2D eigenvalue weighted by Gasteiger charge is -2.32. The Morgan fingerprint density at radius 1 is 1.39 bits per heavy atom. The lowest BCUT2D eigenvalue weighted by atomic mass is 9.97. The van der Waals surface area contributed by atoms with Gasteiger partial charge in [-0.05, 0) is 36.9 Å². The second-order valence-corrected chi connectivity index (χ2v) is 7.40. The smallest absolute Gasteiger partial charge is 0.251 e. The zero-order chi connectivity index (χ0) is 19.9. The molecule has 7 heteroatoms. The fourth-order valence-electron chi connectivity index (χ4n) is 3.69. The molecule has 2 aromatic rings. The average molecular weight is 384 g/mol. The summed E-state index contributed by atoms with van der Waals surface area (Å²) in [5.74, 6) is 1.08. The van der Waals surface area contributed by atoms with E-state index in [1.807, 2.05) is 12.1 Å². The van der Waals surface area contributed by atoms with Gasteiger partial charge in [0.25, 0.3) is 5.56 Å². The number of rotatable bonds is 7. The van der Waals surface area contributed by atoms with E-state index < -0.39 is 0 Å². The summed E-state index contributed by atoms with van der Waals surface area (Å²) in [6.45, 7) is 5.48. The molecule has 0 spiro atoms. The van der Waals surface area contributed by atoms with Crippen molar-refractivity contribution in [3.63, 3.8) is 0 Å². The van der Waals surface area contributed by atoms with Crippen LogP contribution in [0.1, 0.15) is 31.0 Å². The molecule has 7 nitrogen and oxygen atoms in total. The third-order valence-electron chi connectivity index (χ3n) is 4.94. The molecule has 2 heterocycles. The minimum absolute atomic E-state index is 0.0296. The average Bonchev–Trinajstić information content (AvgIpc) is 2.67. The lowest BCUT2D eigenvalue weighted by Crippen LogP contribution is -2.40. The summed E-state index contributed by atoms with van der Waals surface area (Å²) in [6.07, 6.45) is 2.28. The molecule has 3 rings (SSSR count). The Labute approximate surface area is 165 Å². The summed E-state index contributed by atoms with van der Waals surface area (Å²) >= 11 is 0. The van der Waals surface area contributed by atoms with Gasteiger partial charge in [-0.25, -0.2) is 4.98 Å². The number of carbonyl (C=O) groups is 1. The summed E-state index contributed by atoms with van der Waals surface area (Å²) < 4.78 is 5.09. The van der Waals surface area contributed by atoms with Gasteiger partial charge in [-0.1, -0.05) is 18.2 Å². The molecule has 0 unspecified atom stereocenters. The zero-order valence-electron chi connectivity index (χ0n) is 16.5. The van der Waals surface area contributed by atoms with Crippen molar-refractivity contribution in [3.05, 3.63) is 51.9 Å². The van der Waals surface area contributed by atoms with Crippen molar-refractivity contribution in [1.29, 1.82) is 0 Å². The van der Waals surface area contributed by atoms with E-state index in [0.717, 1.165) is 44.6 Å². The highest BCUT2D eigenvalue weighted by atomic mass is 16.5. The first kappa shape index (κ1) is 20.2. The number of amides is 1. The summed E-state index contributed by atoms with van der Waals surface area (Å²) in [4.78, 5) is 32.8. The zero-order valence-corrected chi connectivity index (χ0v) is 16.5. The number of methoxy groups -OCH3 is 1. The van der Waals surface area contributed by atoms with Crippen LogP contribution in [0.3, 0.4) is 0 Å². The Bertz CT molecular complexity index is 865. The lowest BCUT2D eigenvalue weighted by molar-refractivity contribution is -0.119. The van der Waals surface area contributed by atoms with Gasteiger partial charge in [-0.2, -0.15) is 0 Å². The molecule has 1 aromatic carbocycles. The number of likely N-dealkylation sites (tertiary alicyclic amines) is 1. The molecule has 0 saturated carbocycles.